The molecule has 0 saturated heterocycles. The molecule has 1 fully saturated rings. The third kappa shape index (κ3) is 4.69. The van der Waals surface area contributed by atoms with Gasteiger partial charge in [0.2, 0.25) is 0 Å². The molecule has 1 unspecified atom stereocenters. The van der Waals surface area contributed by atoms with E-state index in [9.17, 15) is 4.79 Å². The molecule has 0 radical (unpaired) electrons. The summed E-state index contributed by atoms with van der Waals surface area (Å²) in [7, 11) is 0. The number of pyridine rings is 1. The van der Waals surface area contributed by atoms with E-state index < -0.39 is 5.97 Å². The van der Waals surface area contributed by atoms with Gasteiger partial charge in [-0.25, -0.2) is 4.98 Å². The molecule has 0 bridgehead atoms. The van der Waals surface area contributed by atoms with E-state index in [2.05, 4.69) is 29.2 Å². The number of carboxylic acids is 1. The maximum atomic E-state index is 10.8. The highest BCUT2D eigenvalue weighted by atomic mass is 32.2. The van der Waals surface area contributed by atoms with Crippen LogP contribution in [0.25, 0.3) is 11.1 Å². The summed E-state index contributed by atoms with van der Waals surface area (Å²) < 4.78 is 0. The Morgan fingerprint density at radius 1 is 1.22 bits per heavy atom. The lowest BCUT2D eigenvalue weighted by Gasteiger charge is -2.24. The van der Waals surface area contributed by atoms with Crippen LogP contribution < -0.4 is 0 Å². The monoisotopic (exact) mass is 399 g/mol. The second kappa shape index (κ2) is 8.70. The number of thioether (sulfide) groups is 2. The first kappa shape index (κ1) is 18.9. The Labute approximate surface area is 169 Å². The molecule has 1 aromatic heterocycles. The predicted octanol–water partition coefficient (Wildman–Crippen LogP) is 6.06. The minimum atomic E-state index is -0.694. The van der Waals surface area contributed by atoms with Crippen molar-refractivity contribution in [3.05, 3.63) is 42.1 Å². The summed E-state index contributed by atoms with van der Waals surface area (Å²) in [5, 5.41) is 11.2. The minimum Gasteiger partial charge on any atom is -0.481 e. The van der Waals surface area contributed by atoms with Crippen LogP contribution in [0.3, 0.4) is 0 Å². The molecule has 1 N–H and O–H groups in total. The summed E-state index contributed by atoms with van der Waals surface area (Å²) in [6.45, 7) is 0. The van der Waals surface area contributed by atoms with Gasteiger partial charge in [-0.1, -0.05) is 25.0 Å². The molecule has 1 aliphatic carbocycles. The van der Waals surface area contributed by atoms with E-state index in [0.29, 0.717) is 10.5 Å². The zero-order valence-corrected chi connectivity index (χ0v) is 17.0. The number of carboxylic acid groups (broad SMARTS) is 1. The average Bonchev–Trinajstić information content (AvgIpc) is 3.19. The Bertz CT molecular complexity index is 818. The molecule has 1 aromatic carbocycles. The Hall–Kier alpha value is -1.46. The molecule has 2 heterocycles. The number of carbonyl (C=O) groups is 1. The van der Waals surface area contributed by atoms with Crippen LogP contribution in [0.5, 0.6) is 0 Å². The number of aliphatic carboxylic acids is 1. The SMILES string of the molecule is O=C(O)CCC1CCc2cc(-c3cccnc3SC3CCCC3)ccc2S1. The average molecular weight is 400 g/mol. The zero-order valence-electron chi connectivity index (χ0n) is 15.4. The molecule has 27 heavy (non-hydrogen) atoms. The van der Waals surface area contributed by atoms with E-state index >= 15 is 0 Å². The molecule has 3 nitrogen and oxygen atoms in total. The van der Waals surface area contributed by atoms with Crippen LogP contribution in [0.1, 0.15) is 50.5 Å². The van der Waals surface area contributed by atoms with Gasteiger partial charge in [-0.05, 0) is 61.4 Å². The minimum absolute atomic E-state index is 0.266. The highest BCUT2D eigenvalue weighted by Crippen LogP contribution is 2.42. The largest absolute Gasteiger partial charge is 0.481 e. The van der Waals surface area contributed by atoms with Gasteiger partial charge < -0.3 is 5.11 Å². The number of rotatable bonds is 6. The predicted molar refractivity (Wildman–Crippen MR) is 113 cm³/mol. The lowest BCUT2D eigenvalue weighted by molar-refractivity contribution is -0.137. The lowest BCUT2D eigenvalue weighted by Crippen LogP contribution is -2.12. The van der Waals surface area contributed by atoms with Gasteiger partial charge in [0.25, 0.3) is 0 Å². The Balaban J connectivity index is 1.52. The molecular weight excluding hydrogens is 374 g/mol. The lowest BCUT2D eigenvalue weighted by atomic mass is 10.00. The van der Waals surface area contributed by atoms with E-state index in [1.54, 1.807) is 0 Å². The van der Waals surface area contributed by atoms with Crippen molar-refractivity contribution in [1.29, 1.82) is 0 Å². The van der Waals surface area contributed by atoms with Gasteiger partial charge in [0.1, 0.15) is 5.03 Å². The fourth-order valence-electron chi connectivity index (χ4n) is 3.97. The van der Waals surface area contributed by atoms with Gasteiger partial charge in [-0.3, -0.25) is 4.79 Å². The van der Waals surface area contributed by atoms with Crippen molar-refractivity contribution < 1.29 is 9.90 Å². The first-order chi connectivity index (χ1) is 13.2. The molecule has 142 valence electrons. The van der Waals surface area contributed by atoms with Crippen molar-refractivity contribution >= 4 is 29.5 Å². The van der Waals surface area contributed by atoms with Crippen molar-refractivity contribution in [2.75, 3.05) is 0 Å². The number of aromatic nitrogens is 1. The first-order valence-corrected chi connectivity index (χ1v) is 11.6. The van der Waals surface area contributed by atoms with E-state index in [1.165, 1.54) is 47.3 Å². The number of hydrogen-bond donors (Lipinski definition) is 1. The smallest absolute Gasteiger partial charge is 0.303 e. The third-order valence-electron chi connectivity index (χ3n) is 5.43. The van der Waals surface area contributed by atoms with Crippen molar-refractivity contribution in [3.8, 4) is 11.1 Å². The van der Waals surface area contributed by atoms with Crippen molar-refractivity contribution in [3.63, 3.8) is 0 Å². The number of nitrogens with zero attached hydrogens (tertiary/aromatic N) is 1. The normalized spacial score (nSPS) is 19.8. The molecule has 2 aliphatic rings. The summed E-state index contributed by atoms with van der Waals surface area (Å²) in [5.74, 6) is -0.694. The zero-order chi connectivity index (χ0) is 18.6. The van der Waals surface area contributed by atoms with E-state index in [0.717, 1.165) is 24.3 Å². The van der Waals surface area contributed by atoms with E-state index in [-0.39, 0.29) is 6.42 Å². The summed E-state index contributed by atoms with van der Waals surface area (Å²) in [5.41, 5.74) is 3.90. The Morgan fingerprint density at radius 2 is 2.07 bits per heavy atom. The molecule has 4 rings (SSSR count). The van der Waals surface area contributed by atoms with E-state index in [4.69, 9.17) is 5.11 Å². The summed E-state index contributed by atoms with van der Waals surface area (Å²) in [4.78, 5) is 16.8. The van der Waals surface area contributed by atoms with Crippen LogP contribution in [-0.2, 0) is 11.2 Å². The molecule has 1 atom stereocenters. The van der Waals surface area contributed by atoms with Gasteiger partial charge >= 0.3 is 5.97 Å². The summed E-state index contributed by atoms with van der Waals surface area (Å²) in [6.07, 6.45) is 10.3. The molecule has 5 heteroatoms. The number of aryl methyl sites for hydroxylation is 1. The second-order valence-electron chi connectivity index (χ2n) is 7.41. The maximum absolute atomic E-state index is 10.8. The van der Waals surface area contributed by atoms with Gasteiger partial charge in [0, 0.05) is 33.6 Å². The van der Waals surface area contributed by atoms with Crippen molar-refractivity contribution in [2.24, 2.45) is 0 Å². The molecular formula is C22H25NO2S2. The number of fused-ring (bicyclic) bond motifs is 1. The molecule has 0 amide bonds. The fraction of sp³-hybridized carbons (Fsp3) is 0.455. The van der Waals surface area contributed by atoms with Gasteiger partial charge in [-0.2, -0.15) is 0 Å². The molecule has 2 aromatic rings. The Morgan fingerprint density at radius 3 is 2.89 bits per heavy atom. The molecule has 0 spiro atoms. The van der Waals surface area contributed by atoms with Crippen LogP contribution in [0.4, 0.5) is 0 Å². The fourth-order valence-corrected chi connectivity index (χ4v) is 6.58. The van der Waals surface area contributed by atoms with Gasteiger partial charge in [-0.15, -0.1) is 23.5 Å². The van der Waals surface area contributed by atoms with Crippen LogP contribution in [-0.4, -0.2) is 26.6 Å². The highest BCUT2D eigenvalue weighted by molar-refractivity contribution is 8.00. The first-order valence-electron chi connectivity index (χ1n) is 9.82. The summed E-state index contributed by atoms with van der Waals surface area (Å²) >= 11 is 3.80. The summed E-state index contributed by atoms with van der Waals surface area (Å²) in [6, 6.07) is 11.0. The highest BCUT2D eigenvalue weighted by Gasteiger charge is 2.22. The standard InChI is InChI=1S/C22H25NO2S2/c24-21(25)12-10-18-9-7-16-14-15(8-11-20(16)26-18)19-6-3-13-23-22(19)27-17-4-1-2-5-17/h3,6,8,11,13-14,17-18H,1-2,4-5,7,9-10,12H2,(H,24,25). The third-order valence-corrected chi connectivity index (χ3v) is 8.24. The van der Waals surface area contributed by atoms with Crippen LogP contribution in [0, 0.1) is 0 Å². The topological polar surface area (TPSA) is 50.2 Å². The number of hydrogen-bond acceptors (Lipinski definition) is 4. The second-order valence-corrected chi connectivity index (χ2v) is 10.0. The van der Waals surface area contributed by atoms with Crippen molar-refractivity contribution in [2.45, 2.75) is 71.8 Å². The van der Waals surface area contributed by atoms with Gasteiger partial charge in [0.05, 0.1) is 0 Å². The number of benzene rings is 1. The van der Waals surface area contributed by atoms with E-state index in [1.807, 2.05) is 35.8 Å². The van der Waals surface area contributed by atoms with Gasteiger partial charge in [0.15, 0.2) is 0 Å². The molecule has 1 saturated carbocycles. The van der Waals surface area contributed by atoms with Crippen LogP contribution in [0.2, 0.25) is 0 Å². The van der Waals surface area contributed by atoms with Crippen LogP contribution in [0.15, 0.2) is 46.5 Å². The maximum Gasteiger partial charge on any atom is 0.303 e. The van der Waals surface area contributed by atoms with Crippen LogP contribution >= 0.6 is 23.5 Å². The molecule has 1 aliphatic heterocycles. The Kier molecular flexibility index (Phi) is 6.08. The van der Waals surface area contributed by atoms with Crippen molar-refractivity contribution in [1.82, 2.24) is 4.98 Å². The quantitative estimate of drug-likeness (QED) is 0.640.